The maximum atomic E-state index is 12.6. The summed E-state index contributed by atoms with van der Waals surface area (Å²) >= 11 is 6.23. The summed E-state index contributed by atoms with van der Waals surface area (Å²) in [7, 11) is 0. The molecule has 2 atom stereocenters. The Hall–Kier alpha value is -2.60. The van der Waals surface area contributed by atoms with Crippen molar-refractivity contribution in [2.24, 2.45) is 11.8 Å². The monoisotopic (exact) mass is 360 g/mol. The first-order chi connectivity index (χ1) is 12.0. The lowest BCUT2D eigenvalue weighted by Gasteiger charge is -2.16. The van der Waals surface area contributed by atoms with E-state index in [1.54, 1.807) is 47.6 Å². The number of nitrogens with zero attached hydrogens (tertiary/aromatic N) is 2. The maximum absolute atomic E-state index is 12.6. The smallest absolute Gasteiger partial charge is 0.308 e. The fourth-order valence-corrected chi connectivity index (χ4v) is 3.11. The van der Waals surface area contributed by atoms with E-state index in [-0.39, 0.29) is 18.4 Å². The molecule has 6 nitrogen and oxygen atoms in total. The van der Waals surface area contributed by atoms with E-state index in [4.69, 9.17) is 16.3 Å². The predicted octanol–water partition coefficient (Wildman–Crippen LogP) is 3.32. The van der Waals surface area contributed by atoms with Crippen LogP contribution in [0.15, 0.2) is 42.7 Å². The van der Waals surface area contributed by atoms with Crippen molar-refractivity contribution in [2.75, 3.05) is 13.1 Å². The first-order valence-corrected chi connectivity index (χ1v) is 8.23. The largest absolute Gasteiger partial charge is 0.481 e. The molecule has 1 N–H and O–H groups in total. The lowest BCUT2D eigenvalue weighted by Crippen LogP contribution is -2.29. The molecule has 2 aromatic rings. The molecule has 3 rings (SSSR count). The molecule has 2 heterocycles. The van der Waals surface area contributed by atoms with Gasteiger partial charge in [0.05, 0.1) is 10.9 Å². The molecule has 1 saturated heterocycles. The third-order valence-electron chi connectivity index (χ3n) is 4.27. The van der Waals surface area contributed by atoms with Gasteiger partial charge >= 0.3 is 5.97 Å². The Balaban J connectivity index is 1.74. The minimum absolute atomic E-state index is 0.0776. The van der Waals surface area contributed by atoms with Crippen LogP contribution in [0.4, 0.5) is 0 Å². The zero-order chi connectivity index (χ0) is 18.0. The Labute approximate surface area is 150 Å². The number of hydrogen-bond donors (Lipinski definition) is 1. The molecular weight excluding hydrogens is 344 g/mol. The van der Waals surface area contributed by atoms with Crippen molar-refractivity contribution in [3.63, 3.8) is 0 Å². The zero-order valence-corrected chi connectivity index (χ0v) is 14.3. The van der Waals surface area contributed by atoms with Gasteiger partial charge in [-0.05, 0) is 36.2 Å². The van der Waals surface area contributed by atoms with Crippen LogP contribution in [0.25, 0.3) is 0 Å². The van der Waals surface area contributed by atoms with Crippen LogP contribution >= 0.6 is 11.6 Å². The Kier molecular flexibility index (Phi) is 4.90. The lowest BCUT2D eigenvalue weighted by molar-refractivity contribution is -0.142. The molecule has 0 saturated carbocycles. The Bertz CT molecular complexity index is 797. The van der Waals surface area contributed by atoms with Crippen LogP contribution in [-0.2, 0) is 4.79 Å². The number of carboxylic acid groups (broad SMARTS) is 1. The number of halogens is 1. The van der Waals surface area contributed by atoms with E-state index >= 15 is 0 Å². The number of aliphatic carboxylic acids is 1. The number of pyridine rings is 1. The van der Waals surface area contributed by atoms with E-state index in [9.17, 15) is 14.7 Å². The fraction of sp³-hybridized carbons (Fsp3) is 0.278. The third kappa shape index (κ3) is 3.74. The zero-order valence-electron chi connectivity index (χ0n) is 13.6. The van der Waals surface area contributed by atoms with Gasteiger partial charge in [-0.15, -0.1) is 0 Å². The van der Waals surface area contributed by atoms with Crippen molar-refractivity contribution in [1.82, 2.24) is 9.88 Å². The molecule has 0 spiro atoms. The van der Waals surface area contributed by atoms with Gasteiger partial charge in [0, 0.05) is 31.0 Å². The van der Waals surface area contributed by atoms with Crippen LogP contribution in [0.5, 0.6) is 11.5 Å². The van der Waals surface area contributed by atoms with Crippen molar-refractivity contribution in [1.29, 1.82) is 0 Å². The van der Waals surface area contributed by atoms with Crippen LogP contribution < -0.4 is 4.74 Å². The first-order valence-electron chi connectivity index (χ1n) is 7.85. The summed E-state index contributed by atoms with van der Waals surface area (Å²) in [6.45, 7) is 2.47. The van der Waals surface area contributed by atoms with Crippen LogP contribution in [-0.4, -0.2) is 40.0 Å². The number of amides is 1. The highest BCUT2D eigenvalue weighted by molar-refractivity contribution is 6.32. The average Bonchev–Trinajstić information content (AvgIpc) is 2.99. The van der Waals surface area contributed by atoms with Gasteiger partial charge in [0.25, 0.3) is 5.91 Å². The molecule has 130 valence electrons. The second kappa shape index (κ2) is 7.11. The number of benzene rings is 1. The number of likely N-dealkylation sites (tertiary alicyclic amines) is 1. The molecule has 0 unspecified atom stereocenters. The summed E-state index contributed by atoms with van der Waals surface area (Å²) in [5, 5.41) is 9.50. The van der Waals surface area contributed by atoms with E-state index < -0.39 is 11.9 Å². The van der Waals surface area contributed by atoms with Gasteiger partial charge < -0.3 is 14.7 Å². The van der Waals surface area contributed by atoms with Crippen LogP contribution in [0.2, 0.25) is 5.02 Å². The maximum Gasteiger partial charge on any atom is 0.308 e. The topological polar surface area (TPSA) is 79.7 Å². The van der Waals surface area contributed by atoms with Crippen molar-refractivity contribution in [3.05, 3.63) is 53.3 Å². The average molecular weight is 361 g/mol. The van der Waals surface area contributed by atoms with E-state index in [1.165, 1.54) is 0 Å². The van der Waals surface area contributed by atoms with Crippen LogP contribution in [0, 0.1) is 11.8 Å². The molecule has 0 bridgehead atoms. The quantitative estimate of drug-likeness (QED) is 0.904. The molecule has 1 fully saturated rings. The van der Waals surface area contributed by atoms with Gasteiger partial charge in [-0.3, -0.25) is 14.6 Å². The molecule has 1 aliphatic heterocycles. The number of hydrogen-bond acceptors (Lipinski definition) is 4. The number of carbonyl (C=O) groups is 2. The molecule has 25 heavy (non-hydrogen) atoms. The number of rotatable bonds is 4. The predicted molar refractivity (Wildman–Crippen MR) is 92.0 cm³/mol. The Morgan fingerprint density at radius 3 is 2.56 bits per heavy atom. The summed E-state index contributed by atoms with van der Waals surface area (Å²) in [4.78, 5) is 29.3. The van der Waals surface area contributed by atoms with E-state index in [0.717, 1.165) is 0 Å². The lowest BCUT2D eigenvalue weighted by atomic mass is 9.99. The SMILES string of the molecule is C[C@@H]1CN(C(=O)c2ccc(Oc3ccncc3)c(Cl)c2)C[C@H]1C(=O)O. The van der Waals surface area contributed by atoms with Gasteiger partial charge in [0.2, 0.25) is 0 Å². The van der Waals surface area contributed by atoms with Gasteiger partial charge in [-0.1, -0.05) is 18.5 Å². The van der Waals surface area contributed by atoms with E-state index in [1.807, 2.05) is 6.92 Å². The Morgan fingerprint density at radius 1 is 1.24 bits per heavy atom. The number of ether oxygens (including phenoxy) is 1. The molecule has 1 aromatic carbocycles. The Morgan fingerprint density at radius 2 is 1.96 bits per heavy atom. The number of carboxylic acids is 1. The highest BCUT2D eigenvalue weighted by Crippen LogP contribution is 2.31. The van der Waals surface area contributed by atoms with E-state index in [2.05, 4.69) is 4.98 Å². The molecular formula is C18H17ClN2O4. The van der Waals surface area contributed by atoms with E-state index in [0.29, 0.717) is 28.6 Å². The minimum Gasteiger partial charge on any atom is -0.481 e. The molecule has 0 aliphatic carbocycles. The van der Waals surface area contributed by atoms with Crippen LogP contribution in [0.1, 0.15) is 17.3 Å². The first kappa shape index (κ1) is 17.2. The molecule has 0 radical (unpaired) electrons. The summed E-state index contributed by atoms with van der Waals surface area (Å²) in [5.74, 6) is -0.689. The van der Waals surface area contributed by atoms with Crippen molar-refractivity contribution < 1.29 is 19.4 Å². The van der Waals surface area contributed by atoms with Crippen molar-refractivity contribution >= 4 is 23.5 Å². The van der Waals surface area contributed by atoms with Crippen LogP contribution in [0.3, 0.4) is 0 Å². The molecule has 1 aromatic heterocycles. The second-order valence-electron chi connectivity index (χ2n) is 6.06. The number of aromatic nitrogens is 1. The standard InChI is InChI=1S/C18H17ClN2O4/c1-11-9-21(10-14(11)18(23)24)17(22)12-2-3-16(15(19)8-12)25-13-4-6-20-7-5-13/h2-8,11,14H,9-10H2,1H3,(H,23,24)/t11-,14-/m1/s1. The summed E-state index contributed by atoms with van der Waals surface area (Å²) in [6.07, 6.45) is 3.21. The molecule has 7 heteroatoms. The third-order valence-corrected chi connectivity index (χ3v) is 4.57. The summed E-state index contributed by atoms with van der Waals surface area (Å²) < 4.78 is 5.66. The minimum atomic E-state index is -0.873. The van der Waals surface area contributed by atoms with Gasteiger partial charge in [0.15, 0.2) is 0 Å². The second-order valence-corrected chi connectivity index (χ2v) is 6.47. The van der Waals surface area contributed by atoms with Crippen molar-refractivity contribution in [2.45, 2.75) is 6.92 Å². The van der Waals surface area contributed by atoms with Gasteiger partial charge in [0.1, 0.15) is 11.5 Å². The molecule has 1 amide bonds. The summed E-state index contributed by atoms with van der Waals surface area (Å²) in [5.41, 5.74) is 0.408. The summed E-state index contributed by atoms with van der Waals surface area (Å²) in [6, 6.07) is 8.20. The molecule has 1 aliphatic rings. The fourth-order valence-electron chi connectivity index (χ4n) is 2.89. The van der Waals surface area contributed by atoms with Crippen molar-refractivity contribution in [3.8, 4) is 11.5 Å². The number of carbonyl (C=O) groups excluding carboxylic acids is 1. The normalized spacial score (nSPS) is 19.7. The van der Waals surface area contributed by atoms with Gasteiger partial charge in [-0.25, -0.2) is 0 Å². The van der Waals surface area contributed by atoms with Gasteiger partial charge in [-0.2, -0.15) is 0 Å². The highest BCUT2D eigenvalue weighted by atomic mass is 35.5. The highest BCUT2D eigenvalue weighted by Gasteiger charge is 2.37.